The first-order valence-electron chi connectivity index (χ1n) is 9.38. The highest BCUT2D eigenvalue weighted by molar-refractivity contribution is 9.10. The van der Waals surface area contributed by atoms with Crippen LogP contribution in [0.3, 0.4) is 0 Å². The van der Waals surface area contributed by atoms with Crippen LogP contribution in [0.5, 0.6) is 0 Å². The van der Waals surface area contributed by atoms with E-state index < -0.39 is 22.6 Å². The predicted octanol–water partition coefficient (Wildman–Crippen LogP) is 3.70. The van der Waals surface area contributed by atoms with E-state index in [-0.39, 0.29) is 16.9 Å². The number of anilines is 2. The minimum atomic E-state index is -1.06. The molecule has 11 heteroatoms. The molecular weight excluding hydrogens is 494 g/mol. The highest BCUT2D eigenvalue weighted by Gasteiger charge is 2.17. The molecule has 0 saturated heterocycles. The lowest BCUT2D eigenvalue weighted by atomic mass is 10.1. The Morgan fingerprint density at radius 3 is 2.21 bits per heavy atom. The first kappa shape index (κ1) is 23.3. The number of hydrazone groups is 1. The molecule has 0 aliphatic carbocycles. The summed E-state index contributed by atoms with van der Waals surface area (Å²) in [6.07, 6.45) is 1.23. The van der Waals surface area contributed by atoms with E-state index in [0.29, 0.717) is 11.3 Å². The fourth-order valence-electron chi connectivity index (χ4n) is 2.60. The fraction of sp³-hybridized carbons (Fsp3) is 0. The lowest BCUT2D eigenvalue weighted by molar-refractivity contribution is -0.384. The van der Waals surface area contributed by atoms with Crippen LogP contribution in [0.15, 0.2) is 82.4 Å². The second-order valence-corrected chi connectivity index (χ2v) is 7.42. The van der Waals surface area contributed by atoms with E-state index in [2.05, 4.69) is 37.1 Å². The van der Waals surface area contributed by atoms with Crippen LogP contribution in [0, 0.1) is 10.1 Å². The lowest BCUT2D eigenvalue weighted by Gasteiger charge is -2.11. The molecule has 33 heavy (non-hydrogen) atoms. The molecule has 0 spiro atoms. The van der Waals surface area contributed by atoms with E-state index in [0.717, 1.165) is 4.47 Å². The Kier molecular flexibility index (Phi) is 7.60. The van der Waals surface area contributed by atoms with Crippen LogP contribution in [-0.4, -0.2) is 28.9 Å². The average Bonchev–Trinajstić information content (AvgIpc) is 2.81. The number of benzene rings is 3. The molecule has 10 nitrogen and oxygen atoms in total. The molecule has 0 fully saturated rings. The standard InChI is InChI=1S/C22H16BrN5O5/c23-15-7-9-16(10-8-15)25-20(29)18-3-1-2-4-19(18)26-21(30)22(31)27-24-13-14-5-11-17(12-6-14)28(32)33/h1-13H,(H,25,29)(H,26,30)(H,27,31)/b24-13+. The molecule has 3 rings (SSSR count). The van der Waals surface area contributed by atoms with Gasteiger partial charge in [0.15, 0.2) is 0 Å². The predicted molar refractivity (Wildman–Crippen MR) is 126 cm³/mol. The summed E-state index contributed by atoms with van der Waals surface area (Å²) >= 11 is 3.32. The Bertz CT molecular complexity index is 1230. The zero-order valence-electron chi connectivity index (χ0n) is 16.8. The summed E-state index contributed by atoms with van der Waals surface area (Å²) in [5.74, 6) is -2.55. The molecule has 3 aromatic carbocycles. The maximum Gasteiger partial charge on any atom is 0.329 e. The highest BCUT2D eigenvalue weighted by atomic mass is 79.9. The molecule has 0 aromatic heterocycles. The molecule has 3 aromatic rings. The molecule has 0 unspecified atom stereocenters. The minimum absolute atomic E-state index is 0.0848. The average molecular weight is 510 g/mol. The Morgan fingerprint density at radius 2 is 1.55 bits per heavy atom. The van der Waals surface area contributed by atoms with Crippen molar-refractivity contribution < 1.29 is 19.3 Å². The van der Waals surface area contributed by atoms with Crippen molar-refractivity contribution in [2.75, 3.05) is 10.6 Å². The van der Waals surface area contributed by atoms with Crippen LogP contribution in [0.25, 0.3) is 0 Å². The van der Waals surface area contributed by atoms with Crippen molar-refractivity contribution in [3.63, 3.8) is 0 Å². The zero-order chi connectivity index (χ0) is 23.8. The van der Waals surface area contributed by atoms with Crippen LogP contribution < -0.4 is 16.1 Å². The number of nitro benzene ring substituents is 1. The van der Waals surface area contributed by atoms with Crippen molar-refractivity contribution in [3.8, 4) is 0 Å². The molecular formula is C22H16BrN5O5. The van der Waals surface area contributed by atoms with Gasteiger partial charge in [-0.1, -0.05) is 28.1 Å². The Hall–Kier alpha value is -4.38. The lowest BCUT2D eigenvalue weighted by Crippen LogP contribution is -2.33. The third-order valence-corrected chi connectivity index (χ3v) is 4.74. The first-order chi connectivity index (χ1) is 15.8. The summed E-state index contributed by atoms with van der Waals surface area (Å²) in [6.45, 7) is 0. The molecule has 0 atom stereocenters. The minimum Gasteiger partial charge on any atom is -0.322 e. The number of nitrogens with zero attached hydrogens (tertiary/aromatic N) is 2. The van der Waals surface area contributed by atoms with E-state index in [4.69, 9.17) is 0 Å². The van der Waals surface area contributed by atoms with Crippen LogP contribution in [0.4, 0.5) is 17.1 Å². The van der Waals surface area contributed by atoms with E-state index in [1.165, 1.54) is 42.6 Å². The first-order valence-corrected chi connectivity index (χ1v) is 10.2. The number of rotatable bonds is 6. The number of para-hydroxylation sites is 1. The second-order valence-electron chi connectivity index (χ2n) is 6.51. The number of carbonyl (C=O) groups excluding carboxylic acids is 3. The summed E-state index contributed by atoms with van der Waals surface area (Å²) in [5.41, 5.74) is 3.33. The topological polar surface area (TPSA) is 143 Å². The summed E-state index contributed by atoms with van der Waals surface area (Å²) < 4.78 is 0.857. The van der Waals surface area contributed by atoms with Gasteiger partial charge in [0.2, 0.25) is 0 Å². The normalized spacial score (nSPS) is 10.5. The summed E-state index contributed by atoms with van der Waals surface area (Å²) in [7, 11) is 0. The van der Waals surface area contributed by atoms with E-state index in [9.17, 15) is 24.5 Å². The zero-order valence-corrected chi connectivity index (χ0v) is 18.4. The largest absolute Gasteiger partial charge is 0.329 e. The number of carbonyl (C=O) groups is 3. The molecule has 0 bridgehead atoms. The van der Waals surface area contributed by atoms with Crippen molar-refractivity contribution in [3.05, 3.63) is 98.5 Å². The number of amides is 3. The van der Waals surface area contributed by atoms with Crippen molar-refractivity contribution in [2.45, 2.75) is 0 Å². The SMILES string of the molecule is O=C(N/N=C/c1ccc([N+](=O)[O-])cc1)C(=O)Nc1ccccc1C(=O)Nc1ccc(Br)cc1. The number of nitrogens with one attached hydrogen (secondary N) is 3. The van der Waals surface area contributed by atoms with E-state index in [1.807, 2.05) is 0 Å². The van der Waals surface area contributed by atoms with Gasteiger partial charge in [-0.3, -0.25) is 24.5 Å². The number of hydrogen-bond acceptors (Lipinski definition) is 6. The Balaban J connectivity index is 1.61. The van der Waals surface area contributed by atoms with E-state index in [1.54, 1.807) is 36.4 Å². The number of non-ortho nitro benzene ring substituents is 1. The third kappa shape index (κ3) is 6.55. The van der Waals surface area contributed by atoms with Crippen molar-refractivity contribution in [1.82, 2.24) is 5.43 Å². The van der Waals surface area contributed by atoms with Gasteiger partial charge in [-0.05, 0) is 54.1 Å². The molecule has 0 heterocycles. The van der Waals surface area contributed by atoms with Crippen LogP contribution in [-0.2, 0) is 9.59 Å². The van der Waals surface area contributed by atoms with Crippen LogP contribution >= 0.6 is 15.9 Å². The van der Waals surface area contributed by atoms with E-state index >= 15 is 0 Å². The quantitative estimate of drug-likeness (QED) is 0.201. The van der Waals surface area contributed by atoms with Gasteiger partial charge >= 0.3 is 11.8 Å². The second kappa shape index (κ2) is 10.8. The maximum atomic E-state index is 12.6. The van der Waals surface area contributed by atoms with Crippen LogP contribution in [0.1, 0.15) is 15.9 Å². The van der Waals surface area contributed by atoms with Gasteiger partial charge in [0, 0.05) is 22.3 Å². The van der Waals surface area contributed by atoms with Gasteiger partial charge in [-0.2, -0.15) is 5.10 Å². The van der Waals surface area contributed by atoms with Gasteiger partial charge in [0.25, 0.3) is 11.6 Å². The summed E-state index contributed by atoms with van der Waals surface area (Å²) in [6, 6.07) is 18.6. The van der Waals surface area contributed by atoms with Gasteiger partial charge in [0.1, 0.15) is 0 Å². The monoisotopic (exact) mass is 509 g/mol. The van der Waals surface area contributed by atoms with Gasteiger partial charge in [-0.15, -0.1) is 0 Å². The van der Waals surface area contributed by atoms with Crippen molar-refractivity contribution in [1.29, 1.82) is 0 Å². The molecule has 0 aliphatic heterocycles. The van der Waals surface area contributed by atoms with Gasteiger partial charge in [-0.25, -0.2) is 5.43 Å². The third-order valence-electron chi connectivity index (χ3n) is 4.21. The molecule has 3 N–H and O–H groups in total. The summed E-state index contributed by atoms with van der Waals surface area (Å²) in [4.78, 5) is 47.0. The highest BCUT2D eigenvalue weighted by Crippen LogP contribution is 2.19. The molecule has 3 amide bonds. The molecule has 0 aliphatic rings. The van der Waals surface area contributed by atoms with Crippen LogP contribution in [0.2, 0.25) is 0 Å². The maximum absolute atomic E-state index is 12.6. The Labute approximate surface area is 196 Å². The number of hydrogen-bond donors (Lipinski definition) is 3. The smallest absolute Gasteiger partial charge is 0.322 e. The summed E-state index contributed by atoms with van der Waals surface area (Å²) in [5, 5.41) is 19.4. The Morgan fingerprint density at radius 1 is 0.879 bits per heavy atom. The number of halogens is 1. The van der Waals surface area contributed by atoms with Crippen molar-refractivity contribution in [2.24, 2.45) is 5.10 Å². The molecule has 0 saturated carbocycles. The molecule has 0 radical (unpaired) electrons. The van der Waals surface area contributed by atoms with Crippen molar-refractivity contribution >= 4 is 56.9 Å². The number of nitro groups is 1. The van der Waals surface area contributed by atoms with Gasteiger partial charge in [0.05, 0.1) is 22.4 Å². The fourth-order valence-corrected chi connectivity index (χ4v) is 2.86. The molecule has 166 valence electrons. The van der Waals surface area contributed by atoms with Gasteiger partial charge < -0.3 is 10.6 Å².